The summed E-state index contributed by atoms with van der Waals surface area (Å²) in [5, 5.41) is 7.59. The molecule has 0 aromatic heterocycles. The smallest absolute Gasteiger partial charge is 0.307 e. The third-order valence-corrected chi connectivity index (χ3v) is 0.365. The lowest BCUT2D eigenvalue weighted by Gasteiger charge is -1.95. The molecule has 0 aliphatic rings. The molecule has 0 saturated carbocycles. The van der Waals surface area contributed by atoms with Crippen molar-refractivity contribution in [2.24, 2.45) is 0 Å². The van der Waals surface area contributed by atoms with Gasteiger partial charge in [-0.05, 0) is 0 Å². The number of nitrogens with zero attached hydrogens (tertiary/aromatic N) is 1. The van der Waals surface area contributed by atoms with E-state index in [0.717, 1.165) is 0 Å². The summed E-state index contributed by atoms with van der Waals surface area (Å²) in [5.74, 6) is 0. The van der Waals surface area contributed by atoms with E-state index >= 15 is 0 Å². The van der Waals surface area contributed by atoms with E-state index in [2.05, 4.69) is 4.28 Å². The summed E-state index contributed by atoms with van der Waals surface area (Å²) in [7, 11) is 0. The molecule has 0 rings (SSSR count). The van der Waals surface area contributed by atoms with E-state index in [0.29, 0.717) is 0 Å². The molecule has 0 fully saturated rings. The first kappa shape index (κ1) is 6.31. The Morgan fingerprint density at radius 1 is 1.71 bits per heavy atom. The molecular weight excluding hydrogens is 126 g/mol. The topological polar surface area (TPSA) is 92.5 Å². The van der Waals surface area contributed by atoms with Crippen molar-refractivity contribution >= 4 is 11.4 Å². The first-order valence-electron chi connectivity index (χ1n) is 1.05. The van der Waals surface area contributed by atoms with Crippen LogP contribution in [0.25, 0.3) is 0 Å². The molecule has 0 radical (unpaired) electrons. The van der Waals surface area contributed by atoms with E-state index in [1.165, 1.54) is 0 Å². The van der Waals surface area contributed by atoms with Gasteiger partial charge in [-0.25, -0.2) is 8.49 Å². The highest BCUT2D eigenvalue weighted by atomic mass is 32.2. The zero-order valence-electron chi connectivity index (χ0n) is 2.90. The lowest BCUT2D eigenvalue weighted by molar-refractivity contribution is -0.711. The SMILES string of the molecule is O=[N+]([O-])OS(=O)[O-]. The molecule has 0 aliphatic heterocycles. The van der Waals surface area contributed by atoms with E-state index in [1.54, 1.807) is 0 Å². The molecule has 0 saturated heterocycles. The Morgan fingerprint density at radius 2 is 2.14 bits per heavy atom. The summed E-state index contributed by atoms with van der Waals surface area (Å²) in [6, 6.07) is 0. The molecule has 0 aromatic carbocycles. The van der Waals surface area contributed by atoms with Gasteiger partial charge in [-0.3, -0.25) is 0 Å². The minimum Gasteiger partial charge on any atom is -0.751 e. The summed E-state index contributed by atoms with van der Waals surface area (Å²) in [6.07, 6.45) is 0. The number of hydrogen-bond acceptors (Lipinski definition) is 5. The fourth-order valence-corrected chi connectivity index (χ4v) is 0.149. The molecule has 7 heavy (non-hydrogen) atoms. The number of rotatable bonds is 2. The van der Waals surface area contributed by atoms with E-state index in [9.17, 15) is 0 Å². The van der Waals surface area contributed by atoms with Gasteiger partial charge in [-0.2, -0.15) is 0 Å². The van der Waals surface area contributed by atoms with E-state index in [-0.39, 0.29) is 0 Å². The number of hydrogen-bond donors (Lipinski definition) is 0. The third kappa shape index (κ3) is 5.31. The molecular formula is NO5S-. The minimum absolute atomic E-state index is 1.41. The van der Waals surface area contributed by atoms with Crippen molar-refractivity contribution in [1.29, 1.82) is 0 Å². The summed E-state index contributed by atoms with van der Waals surface area (Å²) in [6.45, 7) is 0. The molecule has 0 N–H and O–H groups in total. The van der Waals surface area contributed by atoms with Crippen LogP contribution in [0.2, 0.25) is 0 Å². The van der Waals surface area contributed by atoms with E-state index in [4.69, 9.17) is 18.9 Å². The zero-order valence-corrected chi connectivity index (χ0v) is 3.71. The van der Waals surface area contributed by atoms with Gasteiger partial charge in [0.05, 0.1) is 0 Å². The summed E-state index contributed by atoms with van der Waals surface area (Å²) < 4.78 is 21.2. The van der Waals surface area contributed by atoms with Crippen molar-refractivity contribution in [3.63, 3.8) is 0 Å². The minimum atomic E-state index is -3.04. The van der Waals surface area contributed by atoms with Gasteiger partial charge in [0.1, 0.15) is 11.4 Å². The fourth-order valence-electron chi connectivity index (χ4n) is 0.0497. The third-order valence-electron chi connectivity index (χ3n) is 0.122. The van der Waals surface area contributed by atoms with Crippen molar-refractivity contribution in [3.05, 3.63) is 10.1 Å². The van der Waals surface area contributed by atoms with Gasteiger partial charge in [0.2, 0.25) is 0 Å². The molecule has 0 bridgehead atoms. The van der Waals surface area contributed by atoms with Crippen molar-refractivity contribution in [3.8, 4) is 0 Å². The van der Waals surface area contributed by atoms with E-state index < -0.39 is 16.4 Å². The molecule has 1 unspecified atom stereocenters. The standard InChI is InChI=1S/HNO5S/c2-1(3)6-7(4)5/h(H,4,5)/p-1. The molecule has 0 heterocycles. The van der Waals surface area contributed by atoms with Crippen LogP contribution in [0.1, 0.15) is 0 Å². The Morgan fingerprint density at radius 3 is 2.14 bits per heavy atom. The normalized spacial score (nSPS) is 12.7. The molecule has 0 spiro atoms. The lowest BCUT2D eigenvalue weighted by atomic mass is 13.1. The van der Waals surface area contributed by atoms with Gasteiger partial charge in [-0.1, -0.05) is 0 Å². The van der Waals surface area contributed by atoms with Crippen LogP contribution >= 0.6 is 0 Å². The molecule has 0 aliphatic carbocycles. The summed E-state index contributed by atoms with van der Waals surface area (Å²) >= 11 is -3.04. The monoisotopic (exact) mass is 126 g/mol. The van der Waals surface area contributed by atoms with Gasteiger partial charge >= 0.3 is 5.09 Å². The highest BCUT2D eigenvalue weighted by Gasteiger charge is 1.88. The maximum atomic E-state index is 9.15. The molecule has 42 valence electrons. The van der Waals surface area contributed by atoms with Gasteiger partial charge in [0.15, 0.2) is 0 Å². The van der Waals surface area contributed by atoms with Gasteiger partial charge in [0, 0.05) is 0 Å². The first-order chi connectivity index (χ1) is 3.13. The predicted molar refractivity (Wildman–Crippen MR) is 17.0 cm³/mol. The second-order valence-electron chi connectivity index (χ2n) is 0.502. The summed E-state index contributed by atoms with van der Waals surface area (Å²) in [5.41, 5.74) is 0. The Labute approximate surface area is 40.7 Å². The first-order valence-corrected chi connectivity index (χ1v) is 2.05. The average Bonchev–Trinajstić information content (AvgIpc) is 1.27. The Balaban J connectivity index is 3.32. The summed E-state index contributed by atoms with van der Waals surface area (Å²) in [4.78, 5) is 9.00. The van der Waals surface area contributed by atoms with Crippen molar-refractivity contribution in [1.82, 2.24) is 0 Å². The highest BCUT2D eigenvalue weighted by Crippen LogP contribution is 1.74. The molecule has 0 aromatic rings. The van der Waals surface area contributed by atoms with Crippen LogP contribution in [0.3, 0.4) is 0 Å². The van der Waals surface area contributed by atoms with E-state index in [1.807, 2.05) is 0 Å². The maximum absolute atomic E-state index is 9.15. The molecule has 7 heteroatoms. The molecule has 0 amide bonds. The highest BCUT2D eigenvalue weighted by molar-refractivity contribution is 7.73. The second-order valence-corrected chi connectivity index (χ2v) is 1.06. The van der Waals surface area contributed by atoms with Crippen molar-refractivity contribution in [2.75, 3.05) is 0 Å². The van der Waals surface area contributed by atoms with Crippen LogP contribution in [0, 0.1) is 10.1 Å². The van der Waals surface area contributed by atoms with Crippen LogP contribution in [-0.2, 0) is 15.6 Å². The van der Waals surface area contributed by atoms with Crippen LogP contribution < -0.4 is 0 Å². The van der Waals surface area contributed by atoms with Crippen LogP contribution in [-0.4, -0.2) is 13.8 Å². The quantitative estimate of drug-likeness (QED) is 0.268. The van der Waals surface area contributed by atoms with Crippen LogP contribution in [0.4, 0.5) is 0 Å². The lowest BCUT2D eigenvalue weighted by Crippen LogP contribution is -2.02. The molecule has 1 atom stereocenters. The van der Waals surface area contributed by atoms with Gasteiger partial charge in [0.25, 0.3) is 0 Å². The predicted octanol–water partition coefficient (Wildman–Crippen LogP) is -1.01. The van der Waals surface area contributed by atoms with Gasteiger partial charge in [-0.15, -0.1) is 10.1 Å². The largest absolute Gasteiger partial charge is 0.751 e. The Kier molecular flexibility index (Phi) is 2.23. The van der Waals surface area contributed by atoms with Crippen LogP contribution in [0.5, 0.6) is 0 Å². The Bertz CT molecular complexity index is 84.3. The second kappa shape index (κ2) is 2.48. The fraction of sp³-hybridized carbons (Fsp3) is 0. The zero-order chi connectivity index (χ0) is 5.86. The Hall–Kier alpha value is -0.690. The maximum Gasteiger partial charge on any atom is 0.307 e. The van der Waals surface area contributed by atoms with Crippen LogP contribution in [0.15, 0.2) is 0 Å². The average molecular weight is 126 g/mol. The van der Waals surface area contributed by atoms with Crippen molar-refractivity contribution < 1.29 is 18.1 Å². The molecule has 6 nitrogen and oxygen atoms in total. The van der Waals surface area contributed by atoms with Crippen molar-refractivity contribution in [2.45, 2.75) is 0 Å². The van der Waals surface area contributed by atoms with Gasteiger partial charge < -0.3 is 4.55 Å².